The minimum Gasteiger partial charge on any atom is -0.394 e. The number of hydrogen-bond donors (Lipinski definition) is 4. The van der Waals surface area contributed by atoms with Gasteiger partial charge in [0.25, 0.3) is 0 Å². The first-order valence-electron chi connectivity index (χ1n) is 12.3. The highest BCUT2D eigenvalue weighted by molar-refractivity contribution is 5.76. The summed E-state index contributed by atoms with van der Waals surface area (Å²) in [6.45, 7) is 2.94. The molecule has 31 heavy (non-hydrogen) atoms. The molecule has 1 saturated carbocycles. The summed E-state index contributed by atoms with van der Waals surface area (Å²) < 4.78 is 0. The Morgan fingerprint density at radius 1 is 1.16 bits per heavy atom. The van der Waals surface area contributed by atoms with E-state index in [9.17, 15) is 25.2 Å². The highest BCUT2D eigenvalue weighted by atomic mass is 16.3. The van der Waals surface area contributed by atoms with Gasteiger partial charge in [0.2, 0.25) is 5.91 Å². The lowest BCUT2D eigenvalue weighted by Crippen LogP contribution is -2.37. The number of carbonyl (C=O) groups excluding carboxylic acids is 1. The van der Waals surface area contributed by atoms with Crippen LogP contribution in [0.3, 0.4) is 0 Å². The fraction of sp³-hybridized carbons (Fsp3) is 0.800. The van der Waals surface area contributed by atoms with E-state index in [0.717, 1.165) is 57.9 Å². The van der Waals surface area contributed by atoms with Crippen molar-refractivity contribution < 1.29 is 25.2 Å². The van der Waals surface area contributed by atoms with Crippen molar-refractivity contribution in [3.63, 3.8) is 0 Å². The van der Waals surface area contributed by atoms with E-state index in [-0.39, 0.29) is 30.4 Å². The van der Waals surface area contributed by atoms with Crippen LogP contribution < -0.4 is 0 Å². The SMILES string of the molecule is CCCCC[C@H](O)/C=C/[C@@H]1[C@@H](C/C=C\CCCC(=O)N2CCC[C@H]2CO)[C@@H](O)C[C@H]1O. The molecule has 0 aromatic carbocycles. The number of aliphatic hydroxyl groups is 4. The largest absolute Gasteiger partial charge is 0.394 e. The average Bonchev–Trinajstić information content (AvgIpc) is 3.33. The summed E-state index contributed by atoms with van der Waals surface area (Å²) in [5.74, 6) is -0.0727. The Hall–Kier alpha value is -1.21. The molecule has 2 rings (SSSR count). The van der Waals surface area contributed by atoms with Gasteiger partial charge < -0.3 is 25.3 Å². The first-order chi connectivity index (χ1) is 15.0. The van der Waals surface area contributed by atoms with Crippen molar-refractivity contribution in [2.24, 2.45) is 11.8 Å². The summed E-state index contributed by atoms with van der Waals surface area (Å²) in [5, 5.41) is 40.1. The average molecular weight is 438 g/mol. The molecule has 4 N–H and O–H groups in total. The van der Waals surface area contributed by atoms with Crippen LogP contribution >= 0.6 is 0 Å². The van der Waals surface area contributed by atoms with Crippen molar-refractivity contribution in [3.05, 3.63) is 24.3 Å². The second-order valence-electron chi connectivity index (χ2n) is 9.22. The summed E-state index contributed by atoms with van der Waals surface area (Å²) in [4.78, 5) is 14.1. The maximum atomic E-state index is 12.3. The third-order valence-electron chi connectivity index (χ3n) is 6.82. The van der Waals surface area contributed by atoms with Gasteiger partial charge in [0.1, 0.15) is 0 Å². The summed E-state index contributed by atoms with van der Waals surface area (Å²) in [6.07, 6.45) is 15.1. The van der Waals surface area contributed by atoms with Gasteiger partial charge in [0.05, 0.1) is 31.0 Å². The third kappa shape index (κ3) is 8.33. The molecule has 0 aromatic heterocycles. The van der Waals surface area contributed by atoms with Crippen molar-refractivity contribution >= 4 is 5.91 Å². The van der Waals surface area contributed by atoms with E-state index in [1.54, 1.807) is 6.08 Å². The molecule has 0 unspecified atom stereocenters. The molecule has 1 aliphatic heterocycles. The number of amides is 1. The Morgan fingerprint density at radius 2 is 1.97 bits per heavy atom. The zero-order chi connectivity index (χ0) is 22.6. The van der Waals surface area contributed by atoms with Gasteiger partial charge >= 0.3 is 0 Å². The highest BCUT2D eigenvalue weighted by Crippen LogP contribution is 2.36. The lowest BCUT2D eigenvalue weighted by molar-refractivity contribution is -0.132. The van der Waals surface area contributed by atoms with Gasteiger partial charge in [-0.15, -0.1) is 0 Å². The minimum atomic E-state index is -0.579. The molecule has 1 saturated heterocycles. The first-order valence-corrected chi connectivity index (χ1v) is 12.3. The van der Waals surface area contributed by atoms with Crippen LogP contribution in [0.5, 0.6) is 0 Å². The van der Waals surface area contributed by atoms with E-state index >= 15 is 0 Å². The number of carbonyl (C=O) groups is 1. The number of hydrogen-bond acceptors (Lipinski definition) is 5. The van der Waals surface area contributed by atoms with Crippen LogP contribution in [-0.2, 0) is 4.79 Å². The summed E-state index contributed by atoms with van der Waals surface area (Å²) in [6, 6.07) is -0.00604. The van der Waals surface area contributed by atoms with E-state index in [4.69, 9.17) is 0 Å². The number of aliphatic hydroxyl groups excluding tert-OH is 4. The molecule has 6 atom stereocenters. The van der Waals surface area contributed by atoms with Crippen LogP contribution in [0.15, 0.2) is 24.3 Å². The molecule has 2 aliphatic rings. The molecule has 1 heterocycles. The van der Waals surface area contributed by atoms with Gasteiger partial charge in [-0.1, -0.05) is 50.5 Å². The monoisotopic (exact) mass is 437 g/mol. The first kappa shape index (κ1) is 26.0. The molecule has 0 aromatic rings. The second kappa shape index (κ2) is 14.0. The van der Waals surface area contributed by atoms with Crippen LogP contribution in [0.1, 0.15) is 77.6 Å². The summed E-state index contributed by atoms with van der Waals surface area (Å²) in [7, 11) is 0. The summed E-state index contributed by atoms with van der Waals surface area (Å²) >= 11 is 0. The molecule has 2 fully saturated rings. The van der Waals surface area contributed by atoms with Gasteiger partial charge in [-0.3, -0.25) is 4.79 Å². The molecule has 178 valence electrons. The molecule has 0 spiro atoms. The van der Waals surface area contributed by atoms with E-state index in [1.165, 1.54) is 0 Å². The van der Waals surface area contributed by atoms with E-state index in [1.807, 2.05) is 17.1 Å². The molecule has 0 bridgehead atoms. The molecule has 6 heteroatoms. The Morgan fingerprint density at radius 3 is 2.71 bits per heavy atom. The predicted octanol–water partition coefficient (Wildman–Crippen LogP) is 2.94. The number of rotatable bonds is 13. The van der Waals surface area contributed by atoms with Crippen molar-refractivity contribution in [2.75, 3.05) is 13.2 Å². The number of likely N-dealkylation sites (tertiary alicyclic amines) is 1. The number of nitrogens with zero attached hydrogens (tertiary/aromatic N) is 1. The standard InChI is InChI=1S/C25H43NO5/c1-2-3-6-11-20(28)14-15-22-21(23(29)17-24(22)30)12-7-4-5-8-13-25(31)26-16-9-10-19(26)18-27/h4,7,14-15,19-24,27-30H,2-3,5-6,8-13,16-18H2,1H3/b7-4-,15-14+/t19-,20-,21+,22+,23-,24+/m0/s1. The highest BCUT2D eigenvalue weighted by Gasteiger charge is 2.39. The topological polar surface area (TPSA) is 101 Å². The molecular formula is C25H43NO5. The summed E-state index contributed by atoms with van der Waals surface area (Å²) in [5.41, 5.74) is 0. The Balaban J connectivity index is 1.73. The minimum absolute atomic E-state index is 0.00604. The number of allylic oxidation sites excluding steroid dienone is 2. The molecule has 1 amide bonds. The Labute approximate surface area is 187 Å². The van der Waals surface area contributed by atoms with Crippen molar-refractivity contribution in [2.45, 2.75) is 102 Å². The van der Waals surface area contributed by atoms with Crippen molar-refractivity contribution in [1.82, 2.24) is 4.90 Å². The van der Waals surface area contributed by atoms with Crippen molar-refractivity contribution in [1.29, 1.82) is 0 Å². The van der Waals surface area contributed by atoms with E-state index < -0.39 is 18.3 Å². The smallest absolute Gasteiger partial charge is 0.222 e. The van der Waals surface area contributed by atoms with Crippen molar-refractivity contribution in [3.8, 4) is 0 Å². The van der Waals surface area contributed by atoms with Gasteiger partial charge in [0, 0.05) is 25.3 Å². The quantitative estimate of drug-likeness (QED) is 0.262. The zero-order valence-electron chi connectivity index (χ0n) is 19.1. The van der Waals surface area contributed by atoms with Crippen LogP contribution in [0.25, 0.3) is 0 Å². The Bertz CT molecular complexity index is 578. The third-order valence-corrected chi connectivity index (χ3v) is 6.82. The fourth-order valence-electron chi connectivity index (χ4n) is 4.90. The maximum Gasteiger partial charge on any atom is 0.222 e. The van der Waals surface area contributed by atoms with E-state index in [0.29, 0.717) is 19.3 Å². The zero-order valence-corrected chi connectivity index (χ0v) is 19.1. The fourth-order valence-corrected chi connectivity index (χ4v) is 4.90. The Kier molecular flexibility index (Phi) is 11.8. The van der Waals surface area contributed by atoms with Crippen LogP contribution in [0, 0.1) is 11.8 Å². The van der Waals surface area contributed by atoms with Crippen LogP contribution in [-0.4, -0.2) is 68.7 Å². The molecule has 6 nitrogen and oxygen atoms in total. The lowest BCUT2D eigenvalue weighted by Gasteiger charge is -2.22. The van der Waals surface area contributed by atoms with Gasteiger partial charge in [0.15, 0.2) is 0 Å². The normalized spacial score (nSPS) is 30.1. The van der Waals surface area contributed by atoms with Crippen LogP contribution in [0.2, 0.25) is 0 Å². The number of unbranched alkanes of at least 4 members (excludes halogenated alkanes) is 3. The van der Waals surface area contributed by atoms with Gasteiger partial charge in [-0.2, -0.15) is 0 Å². The van der Waals surface area contributed by atoms with Gasteiger partial charge in [-0.25, -0.2) is 0 Å². The second-order valence-corrected chi connectivity index (χ2v) is 9.22. The lowest BCUT2D eigenvalue weighted by atomic mass is 9.89. The molecule has 1 aliphatic carbocycles. The predicted molar refractivity (Wildman–Crippen MR) is 122 cm³/mol. The molecule has 0 radical (unpaired) electrons. The maximum absolute atomic E-state index is 12.3. The van der Waals surface area contributed by atoms with E-state index in [2.05, 4.69) is 13.0 Å². The molecular weight excluding hydrogens is 394 g/mol. The van der Waals surface area contributed by atoms with Gasteiger partial charge in [-0.05, 0) is 44.4 Å². The van der Waals surface area contributed by atoms with Crippen LogP contribution in [0.4, 0.5) is 0 Å².